The molecule has 0 saturated carbocycles. The Kier molecular flexibility index (Phi) is 4.83. The SMILES string of the molecule is O=C1NCc2nc(-n3c(F)cccc3=O)cc(Nc3ccc(N4CCOCC4)cn3)c21. The molecule has 9 nitrogen and oxygen atoms in total. The maximum Gasteiger partial charge on any atom is 0.258 e. The van der Waals surface area contributed by atoms with E-state index in [4.69, 9.17) is 4.74 Å². The van der Waals surface area contributed by atoms with Gasteiger partial charge in [-0.05, 0) is 18.2 Å². The Hall–Kier alpha value is -3.79. The number of pyridine rings is 3. The lowest BCUT2D eigenvalue weighted by atomic mass is 10.1. The lowest BCUT2D eigenvalue weighted by molar-refractivity contribution is 0.0966. The first-order valence-corrected chi connectivity index (χ1v) is 9.86. The lowest BCUT2D eigenvalue weighted by Gasteiger charge is -2.28. The van der Waals surface area contributed by atoms with E-state index in [2.05, 4.69) is 25.5 Å². The second-order valence-corrected chi connectivity index (χ2v) is 7.18. The van der Waals surface area contributed by atoms with Gasteiger partial charge in [0.1, 0.15) is 11.6 Å². The molecule has 0 spiro atoms. The molecule has 0 atom stereocenters. The fraction of sp³-hybridized carbons (Fsp3) is 0.238. The van der Waals surface area contributed by atoms with Crippen LogP contribution in [0.3, 0.4) is 0 Å². The highest BCUT2D eigenvalue weighted by atomic mass is 19.1. The maximum atomic E-state index is 14.3. The van der Waals surface area contributed by atoms with Gasteiger partial charge in [0, 0.05) is 25.2 Å². The largest absolute Gasteiger partial charge is 0.378 e. The first-order chi connectivity index (χ1) is 15.1. The van der Waals surface area contributed by atoms with Gasteiger partial charge in [-0.2, -0.15) is 4.39 Å². The first-order valence-electron chi connectivity index (χ1n) is 9.86. The molecule has 1 amide bonds. The Morgan fingerprint density at radius 1 is 1.13 bits per heavy atom. The van der Waals surface area contributed by atoms with E-state index < -0.39 is 11.5 Å². The van der Waals surface area contributed by atoms with Crippen LogP contribution < -0.4 is 21.1 Å². The lowest BCUT2D eigenvalue weighted by Crippen LogP contribution is -2.36. The zero-order valence-electron chi connectivity index (χ0n) is 16.5. The van der Waals surface area contributed by atoms with Crippen molar-refractivity contribution < 1.29 is 13.9 Å². The van der Waals surface area contributed by atoms with Crippen LogP contribution in [0, 0.1) is 5.95 Å². The van der Waals surface area contributed by atoms with Gasteiger partial charge >= 0.3 is 0 Å². The standard InChI is InChI=1S/C21H19FN6O3/c22-16-2-1-3-19(29)28(16)18-10-14(20-15(26-18)12-24-21(20)30)25-17-5-4-13(11-23-17)27-6-8-31-9-7-27/h1-5,10-11H,6-9,12H2,(H,24,30)(H,23,25,26). The number of rotatable bonds is 4. The van der Waals surface area contributed by atoms with Crippen LogP contribution in [0.25, 0.3) is 5.82 Å². The van der Waals surface area contributed by atoms with Crippen molar-refractivity contribution in [2.75, 3.05) is 36.5 Å². The zero-order valence-corrected chi connectivity index (χ0v) is 16.5. The zero-order chi connectivity index (χ0) is 21.4. The van der Waals surface area contributed by atoms with Crippen LogP contribution in [0.1, 0.15) is 16.1 Å². The number of nitrogens with zero attached hydrogens (tertiary/aromatic N) is 4. The molecule has 10 heteroatoms. The fourth-order valence-electron chi connectivity index (χ4n) is 3.72. The van der Waals surface area contributed by atoms with E-state index >= 15 is 0 Å². The number of aromatic nitrogens is 3. The third-order valence-electron chi connectivity index (χ3n) is 5.25. The van der Waals surface area contributed by atoms with Gasteiger partial charge in [0.2, 0.25) is 5.95 Å². The minimum Gasteiger partial charge on any atom is -0.378 e. The summed E-state index contributed by atoms with van der Waals surface area (Å²) in [5.41, 5.74) is 1.61. The van der Waals surface area contributed by atoms with Crippen LogP contribution in [0.15, 0.2) is 47.4 Å². The summed E-state index contributed by atoms with van der Waals surface area (Å²) in [5.74, 6) is -0.429. The van der Waals surface area contributed by atoms with E-state index in [1.165, 1.54) is 24.3 Å². The third-order valence-corrected chi connectivity index (χ3v) is 5.25. The molecule has 31 heavy (non-hydrogen) atoms. The predicted octanol–water partition coefficient (Wildman–Crippen LogP) is 1.59. The van der Waals surface area contributed by atoms with E-state index in [1.807, 2.05) is 6.07 Å². The van der Waals surface area contributed by atoms with Crippen molar-refractivity contribution in [2.45, 2.75) is 6.54 Å². The molecule has 0 aromatic carbocycles. The molecule has 5 rings (SSSR count). The van der Waals surface area contributed by atoms with Crippen LogP contribution >= 0.6 is 0 Å². The summed E-state index contributed by atoms with van der Waals surface area (Å²) in [7, 11) is 0. The minimum absolute atomic E-state index is 0.0887. The molecule has 0 unspecified atom stereocenters. The van der Waals surface area contributed by atoms with Crippen LogP contribution in [-0.2, 0) is 11.3 Å². The Labute approximate surface area is 176 Å². The minimum atomic E-state index is -0.740. The second kappa shape index (κ2) is 7.80. The number of halogens is 1. The number of amides is 1. The molecule has 3 aromatic heterocycles. The summed E-state index contributed by atoms with van der Waals surface area (Å²) >= 11 is 0. The van der Waals surface area contributed by atoms with Crippen molar-refractivity contribution in [3.63, 3.8) is 0 Å². The molecule has 2 N–H and O–H groups in total. The molecule has 3 aromatic rings. The van der Waals surface area contributed by atoms with Gasteiger partial charge in [0.15, 0.2) is 0 Å². The quantitative estimate of drug-likeness (QED) is 0.616. The van der Waals surface area contributed by atoms with E-state index in [-0.39, 0.29) is 18.3 Å². The molecule has 1 saturated heterocycles. The number of hydrogen-bond donors (Lipinski definition) is 2. The number of ether oxygens (including phenoxy) is 1. The summed E-state index contributed by atoms with van der Waals surface area (Å²) < 4.78 is 20.6. The average molecular weight is 422 g/mol. The Balaban J connectivity index is 1.51. The van der Waals surface area contributed by atoms with E-state index in [0.717, 1.165) is 23.3 Å². The second-order valence-electron chi connectivity index (χ2n) is 7.18. The number of carbonyl (C=O) groups is 1. The van der Waals surface area contributed by atoms with Crippen LogP contribution in [-0.4, -0.2) is 46.7 Å². The highest BCUT2D eigenvalue weighted by molar-refractivity contribution is 6.03. The van der Waals surface area contributed by atoms with Crippen molar-refractivity contribution in [1.82, 2.24) is 19.9 Å². The van der Waals surface area contributed by atoms with E-state index in [9.17, 15) is 14.0 Å². The molecule has 0 radical (unpaired) electrons. The van der Waals surface area contributed by atoms with Crippen LogP contribution in [0.2, 0.25) is 0 Å². The van der Waals surface area contributed by atoms with Gasteiger partial charge in [0.05, 0.1) is 48.6 Å². The monoisotopic (exact) mass is 422 g/mol. The van der Waals surface area contributed by atoms with Crippen molar-refractivity contribution in [3.8, 4) is 5.82 Å². The Morgan fingerprint density at radius 3 is 2.71 bits per heavy atom. The van der Waals surface area contributed by atoms with E-state index in [0.29, 0.717) is 36.0 Å². The Morgan fingerprint density at radius 2 is 1.97 bits per heavy atom. The first kappa shape index (κ1) is 19.2. The summed E-state index contributed by atoms with van der Waals surface area (Å²) in [5, 5.41) is 5.83. The number of nitrogens with one attached hydrogen (secondary N) is 2. The predicted molar refractivity (Wildman–Crippen MR) is 112 cm³/mol. The Bertz CT molecular complexity index is 1200. The number of fused-ring (bicyclic) bond motifs is 1. The van der Waals surface area contributed by atoms with Gasteiger partial charge in [-0.25, -0.2) is 14.5 Å². The number of morpholine rings is 1. The van der Waals surface area contributed by atoms with Crippen molar-refractivity contribution in [1.29, 1.82) is 0 Å². The van der Waals surface area contributed by atoms with Gasteiger partial charge in [-0.1, -0.05) is 6.07 Å². The molecular formula is C21H19FN6O3. The molecule has 2 aliphatic heterocycles. The number of carbonyl (C=O) groups excluding carboxylic acids is 1. The van der Waals surface area contributed by atoms with Gasteiger partial charge in [-0.15, -0.1) is 0 Å². The third kappa shape index (κ3) is 3.61. The van der Waals surface area contributed by atoms with Crippen molar-refractivity contribution >= 4 is 23.1 Å². The van der Waals surface area contributed by atoms with Gasteiger partial charge < -0.3 is 20.3 Å². The highest BCUT2D eigenvalue weighted by Crippen LogP contribution is 2.28. The van der Waals surface area contributed by atoms with Crippen LogP contribution in [0.5, 0.6) is 0 Å². The molecule has 1 fully saturated rings. The van der Waals surface area contributed by atoms with Crippen LogP contribution in [0.4, 0.5) is 21.6 Å². The maximum absolute atomic E-state index is 14.3. The molecule has 0 aliphatic carbocycles. The summed E-state index contributed by atoms with van der Waals surface area (Å²) in [6.07, 6.45) is 1.75. The van der Waals surface area contributed by atoms with Gasteiger partial charge in [-0.3, -0.25) is 9.59 Å². The topological polar surface area (TPSA) is 101 Å². The summed E-state index contributed by atoms with van der Waals surface area (Å²) in [6, 6.07) is 8.99. The summed E-state index contributed by atoms with van der Waals surface area (Å²) in [6.45, 7) is 3.15. The normalized spacial score (nSPS) is 15.5. The molecule has 5 heterocycles. The molecule has 2 aliphatic rings. The number of hydrogen-bond acceptors (Lipinski definition) is 7. The fourth-order valence-corrected chi connectivity index (χ4v) is 3.72. The average Bonchev–Trinajstić information content (AvgIpc) is 3.16. The molecule has 0 bridgehead atoms. The number of anilines is 3. The van der Waals surface area contributed by atoms with E-state index in [1.54, 1.807) is 12.3 Å². The highest BCUT2D eigenvalue weighted by Gasteiger charge is 2.26. The van der Waals surface area contributed by atoms with Crippen molar-refractivity contribution in [3.05, 3.63) is 70.2 Å². The smallest absolute Gasteiger partial charge is 0.258 e. The molecule has 158 valence electrons. The summed E-state index contributed by atoms with van der Waals surface area (Å²) in [4.78, 5) is 35.5. The molecular weight excluding hydrogens is 403 g/mol. The van der Waals surface area contributed by atoms with Gasteiger partial charge in [0.25, 0.3) is 11.5 Å². The van der Waals surface area contributed by atoms with Crippen molar-refractivity contribution in [2.24, 2.45) is 0 Å².